The number of rotatable bonds is 4. The molecule has 0 spiro atoms. The Hall–Kier alpha value is -3.67. The molecule has 5 rings (SSSR count). The minimum absolute atomic E-state index is 0.397. The number of nitrogens with zero attached hydrogens (tertiary/aromatic N) is 3. The van der Waals surface area contributed by atoms with Gasteiger partial charge in [-0.3, -0.25) is 0 Å². The second-order valence-corrected chi connectivity index (χ2v) is 7.32. The van der Waals surface area contributed by atoms with Crippen LogP contribution in [0, 0.1) is 6.92 Å². The minimum Gasteiger partial charge on any atom is -0.493 e. The summed E-state index contributed by atoms with van der Waals surface area (Å²) in [6, 6.07) is 15.6. The van der Waals surface area contributed by atoms with Gasteiger partial charge in [0.25, 0.3) is 0 Å². The third-order valence-corrected chi connectivity index (χ3v) is 5.42. The Bertz CT molecular complexity index is 1470. The van der Waals surface area contributed by atoms with Gasteiger partial charge >= 0.3 is 5.63 Å². The van der Waals surface area contributed by atoms with Crippen molar-refractivity contribution >= 4 is 32.8 Å². The molecule has 6 heteroatoms. The van der Waals surface area contributed by atoms with E-state index in [9.17, 15) is 4.79 Å². The van der Waals surface area contributed by atoms with Crippen LogP contribution in [0.3, 0.4) is 0 Å². The van der Waals surface area contributed by atoms with Crippen molar-refractivity contribution in [2.45, 2.75) is 26.7 Å². The summed E-state index contributed by atoms with van der Waals surface area (Å²) in [4.78, 5) is 18.0. The zero-order valence-electron chi connectivity index (χ0n) is 17.1. The second-order valence-electron chi connectivity index (χ2n) is 7.32. The Morgan fingerprint density at radius 2 is 1.83 bits per heavy atom. The third-order valence-electron chi connectivity index (χ3n) is 5.42. The maximum absolute atomic E-state index is 13.1. The van der Waals surface area contributed by atoms with Crippen molar-refractivity contribution in [3.63, 3.8) is 0 Å². The maximum atomic E-state index is 13.1. The van der Waals surface area contributed by atoms with Crippen LogP contribution in [0.15, 0.2) is 57.7 Å². The molecule has 0 saturated carbocycles. The summed E-state index contributed by atoms with van der Waals surface area (Å²) in [6.45, 7) is 4.02. The van der Waals surface area contributed by atoms with Gasteiger partial charge in [-0.05, 0) is 31.5 Å². The Morgan fingerprint density at radius 1 is 1.03 bits per heavy atom. The number of pyridine rings is 1. The highest BCUT2D eigenvalue weighted by molar-refractivity contribution is 6.19. The van der Waals surface area contributed by atoms with E-state index in [2.05, 4.69) is 6.92 Å². The molecule has 0 amide bonds. The van der Waals surface area contributed by atoms with Gasteiger partial charge in [0.15, 0.2) is 17.0 Å². The van der Waals surface area contributed by atoms with Crippen LogP contribution >= 0.6 is 0 Å². The van der Waals surface area contributed by atoms with Crippen LogP contribution in [0.2, 0.25) is 0 Å². The molecular formula is C24H21N3O3. The molecule has 0 bridgehead atoms. The van der Waals surface area contributed by atoms with Crippen molar-refractivity contribution in [1.29, 1.82) is 0 Å². The van der Waals surface area contributed by atoms with Gasteiger partial charge < -0.3 is 9.15 Å². The number of methoxy groups -OCH3 is 1. The van der Waals surface area contributed by atoms with Gasteiger partial charge in [0.05, 0.1) is 35.0 Å². The van der Waals surface area contributed by atoms with Gasteiger partial charge in [-0.15, -0.1) is 0 Å². The number of benzene rings is 2. The first-order valence-electron chi connectivity index (χ1n) is 10.0. The molecule has 5 aromatic rings. The Kier molecular flexibility index (Phi) is 4.28. The summed E-state index contributed by atoms with van der Waals surface area (Å²) in [7, 11) is 1.57. The Morgan fingerprint density at radius 3 is 2.57 bits per heavy atom. The zero-order valence-corrected chi connectivity index (χ0v) is 17.1. The molecule has 2 aromatic carbocycles. The fourth-order valence-corrected chi connectivity index (χ4v) is 4.14. The van der Waals surface area contributed by atoms with Gasteiger partial charge in [0, 0.05) is 10.8 Å². The van der Waals surface area contributed by atoms with E-state index >= 15 is 0 Å². The Labute approximate surface area is 172 Å². The SMILES string of the molecule is CCCc1nc2c(c(C)nn2-c2ccccc2)c2c1c(=O)oc1c(OC)cccc12. The van der Waals surface area contributed by atoms with Gasteiger partial charge in [-0.2, -0.15) is 5.10 Å². The van der Waals surface area contributed by atoms with Crippen molar-refractivity contribution in [2.24, 2.45) is 0 Å². The molecule has 0 fully saturated rings. The number of hydrogen-bond acceptors (Lipinski definition) is 5. The van der Waals surface area contributed by atoms with Crippen LogP contribution < -0.4 is 10.4 Å². The van der Waals surface area contributed by atoms with Crippen molar-refractivity contribution < 1.29 is 9.15 Å². The molecular weight excluding hydrogens is 378 g/mol. The molecule has 0 aliphatic carbocycles. The molecule has 0 radical (unpaired) electrons. The number of aromatic nitrogens is 3. The summed E-state index contributed by atoms with van der Waals surface area (Å²) in [5.74, 6) is 0.529. The van der Waals surface area contributed by atoms with Crippen molar-refractivity contribution in [2.75, 3.05) is 7.11 Å². The van der Waals surface area contributed by atoms with Crippen LogP contribution in [0.5, 0.6) is 5.75 Å². The smallest absolute Gasteiger partial charge is 0.346 e. The summed E-state index contributed by atoms with van der Waals surface area (Å²) in [5, 5.41) is 7.82. The first-order valence-corrected chi connectivity index (χ1v) is 10.0. The fraction of sp³-hybridized carbons (Fsp3) is 0.208. The number of aryl methyl sites for hydroxylation is 2. The first-order chi connectivity index (χ1) is 14.6. The monoisotopic (exact) mass is 399 g/mol. The van der Waals surface area contributed by atoms with Crippen LogP contribution in [-0.2, 0) is 6.42 Å². The lowest BCUT2D eigenvalue weighted by Crippen LogP contribution is -2.08. The summed E-state index contributed by atoms with van der Waals surface area (Å²) in [6.07, 6.45) is 1.54. The predicted octanol–water partition coefficient (Wildman–Crippen LogP) is 4.95. The van der Waals surface area contributed by atoms with E-state index in [1.54, 1.807) is 13.2 Å². The molecule has 3 aromatic heterocycles. The molecule has 30 heavy (non-hydrogen) atoms. The fourth-order valence-electron chi connectivity index (χ4n) is 4.14. The molecule has 0 saturated heterocycles. The van der Waals surface area contributed by atoms with E-state index < -0.39 is 5.63 Å². The average molecular weight is 399 g/mol. The van der Waals surface area contributed by atoms with E-state index in [0.29, 0.717) is 23.1 Å². The second kappa shape index (κ2) is 6.99. The maximum Gasteiger partial charge on any atom is 0.346 e. The van der Waals surface area contributed by atoms with Crippen LogP contribution in [0.1, 0.15) is 24.7 Å². The van der Waals surface area contributed by atoms with E-state index in [0.717, 1.165) is 45.3 Å². The highest BCUT2D eigenvalue weighted by atomic mass is 16.5. The Balaban J connectivity index is 2.05. The largest absolute Gasteiger partial charge is 0.493 e. The molecule has 150 valence electrons. The van der Waals surface area contributed by atoms with E-state index in [-0.39, 0.29) is 0 Å². The minimum atomic E-state index is -0.397. The number of para-hydroxylation sites is 2. The van der Waals surface area contributed by atoms with Gasteiger partial charge in [0.2, 0.25) is 0 Å². The summed E-state index contributed by atoms with van der Waals surface area (Å²) < 4.78 is 13.0. The number of ether oxygens (including phenoxy) is 1. The van der Waals surface area contributed by atoms with Gasteiger partial charge in [-0.1, -0.05) is 43.7 Å². The van der Waals surface area contributed by atoms with Gasteiger partial charge in [0.1, 0.15) is 0 Å². The highest BCUT2D eigenvalue weighted by Crippen LogP contribution is 2.36. The normalized spacial score (nSPS) is 11.6. The van der Waals surface area contributed by atoms with Gasteiger partial charge in [-0.25, -0.2) is 14.5 Å². The number of fused-ring (bicyclic) bond motifs is 5. The van der Waals surface area contributed by atoms with Crippen molar-refractivity contribution in [1.82, 2.24) is 14.8 Å². The van der Waals surface area contributed by atoms with Crippen LogP contribution in [-0.4, -0.2) is 21.9 Å². The lowest BCUT2D eigenvalue weighted by molar-refractivity contribution is 0.407. The highest BCUT2D eigenvalue weighted by Gasteiger charge is 2.22. The lowest BCUT2D eigenvalue weighted by atomic mass is 10.0. The molecule has 6 nitrogen and oxygen atoms in total. The van der Waals surface area contributed by atoms with Crippen molar-refractivity contribution in [3.05, 3.63) is 70.3 Å². The van der Waals surface area contributed by atoms with E-state index in [1.165, 1.54) is 0 Å². The zero-order chi connectivity index (χ0) is 20.8. The summed E-state index contributed by atoms with van der Waals surface area (Å²) >= 11 is 0. The topological polar surface area (TPSA) is 70.2 Å². The summed E-state index contributed by atoms with van der Waals surface area (Å²) in [5.41, 5.74) is 3.25. The van der Waals surface area contributed by atoms with Crippen LogP contribution in [0.4, 0.5) is 0 Å². The molecule has 0 unspecified atom stereocenters. The van der Waals surface area contributed by atoms with Crippen LogP contribution in [0.25, 0.3) is 38.5 Å². The molecule has 0 N–H and O–H groups in total. The predicted molar refractivity (Wildman–Crippen MR) is 118 cm³/mol. The third kappa shape index (κ3) is 2.60. The molecule has 0 aliphatic rings. The number of hydrogen-bond donors (Lipinski definition) is 0. The molecule has 3 heterocycles. The van der Waals surface area contributed by atoms with E-state index in [1.807, 2.05) is 54.1 Å². The standard InChI is InChI=1S/C24H21N3O3/c1-4-9-17-21-20(16-12-8-13-18(29-3)22(16)30-24(21)28)19-14(2)26-27(23(19)25-17)15-10-6-5-7-11-15/h5-8,10-13H,4,9H2,1-3H3. The first kappa shape index (κ1) is 18.4. The molecule has 0 atom stereocenters. The molecule has 0 aliphatic heterocycles. The van der Waals surface area contributed by atoms with E-state index in [4.69, 9.17) is 19.2 Å². The average Bonchev–Trinajstić information content (AvgIpc) is 3.10. The lowest BCUT2D eigenvalue weighted by Gasteiger charge is -2.11. The van der Waals surface area contributed by atoms with Crippen molar-refractivity contribution in [3.8, 4) is 11.4 Å². The quantitative estimate of drug-likeness (QED) is 0.316.